The maximum Gasteiger partial charge on any atom is 0.416 e. The molecule has 0 N–H and O–H groups in total. The molecule has 1 fully saturated rings. The summed E-state index contributed by atoms with van der Waals surface area (Å²) in [5.74, 6) is -1.44. The van der Waals surface area contributed by atoms with Gasteiger partial charge < -0.3 is 14.5 Å². The highest BCUT2D eigenvalue weighted by molar-refractivity contribution is 7.10. The number of halogens is 6. The predicted molar refractivity (Wildman–Crippen MR) is 131 cm³/mol. The summed E-state index contributed by atoms with van der Waals surface area (Å²) in [6.07, 6.45) is -10.2. The van der Waals surface area contributed by atoms with Gasteiger partial charge in [-0.2, -0.15) is 26.3 Å². The van der Waals surface area contributed by atoms with Crippen LogP contribution in [0.5, 0.6) is 0 Å². The van der Waals surface area contributed by atoms with Crippen LogP contribution in [0, 0.1) is 12.8 Å². The van der Waals surface area contributed by atoms with Gasteiger partial charge in [0.2, 0.25) is 5.91 Å². The van der Waals surface area contributed by atoms with E-state index in [-0.39, 0.29) is 31.1 Å². The highest BCUT2D eigenvalue weighted by Crippen LogP contribution is 2.40. The number of carbonyl (C=O) groups is 2. The van der Waals surface area contributed by atoms with E-state index in [9.17, 15) is 35.9 Å². The summed E-state index contributed by atoms with van der Waals surface area (Å²) in [6, 6.07) is 3.21. The summed E-state index contributed by atoms with van der Waals surface area (Å²) in [7, 11) is 1.36. The van der Waals surface area contributed by atoms with E-state index in [0.717, 1.165) is 15.3 Å². The van der Waals surface area contributed by atoms with Crippen molar-refractivity contribution in [2.75, 3.05) is 20.1 Å². The van der Waals surface area contributed by atoms with Gasteiger partial charge in [0.25, 0.3) is 0 Å². The second kappa shape index (κ2) is 10.8. The number of aryl methyl sites for hydroxylation is 1. The van der Waals surface area contributed by atoms with Gasteiger partial charge in [-0.05, 0) is 74.9 Å². The minimum Gasteiger partial charge on any atom is -0.444 e. The Balaban J connectivity index is 1.87. The Morgan fingerprint density at radius 1 is 1.05 bits per heavy atom. The van der Waals surface area contributed by atoms with Gasteiger partial charge in [-0.15, -0.1) is 11.3 Å². The largest absolute Gasteiger partial charge is 0.444 e. The number of hydrogen-bond donors (Lipinski definition) is 0. The van der Waals surface area contributed by atoms with Crippen LogP contribution in [0.2, 0.25) is 0 Å². The summed E-state index contributed by atoms with van der Waals surface area (Å²) < 4.78 is 85.2. The smallest absolute Gasteiger partial charge is 0.416 e. The number of nitrogens with zero attached hydrogens (tertiary/aromatic N) is 2. The average molecular weight is 565 g/mol. The fourth-order valence-electron chi connectivity index (χ4n) is 4.52. The van der Waals surface area contributed by atoms with Crippen molar-refractivity contribution in [1.29, 1.82) is 0 Å². The molecule has 2 aromatic rings. The molecule has 2 atom stereocenters. The van der Waals surface area contributed by atoms with E-state index in [1.807, 2.05) is 18.4 Å². The minimum absolute atomic E-state index is 0.0628. The quantitative estimate of drug-likeness (QED) is 0.373. The topological polar surface area (TPSA) is 49.9 Å². The molecule has 0 unspecified atom stereocenters. The number of ether oxygens (including phenoxy) is 1. The number of carbonyl (C=O) groups excluding carboxylic acids is 2. The average Bonchev–Trinajstić information content (AvgIpc) is 3.21. The Bertz CT molecular complexity index is 1140. The lowest BCUT2D eigenvalue weighted by atomic mass is 9.82. The van der Waals surface area contributed by atoms with Crippen LogP contribution in [0.15, 0.2) is 29.6 Å². The van der Waals surface area contributed by atoms with Crippen molar-refractivity contribution >= 4 is 23.3 Å². The molecule has 0 radical (unpaired) electrons. The van der Waals surface area contributed by atoms with Crippen molar-refractivity contribution in [2.45, 2.75) is 64.5 Å². The third kappa shape index (κ3) is 7.21. The van der Waals surface area contributed by atoms with Crippen LogP contribution in [0.3, 0.4) is 0 Å². The van der Waals surface area contributed by atoms with Crippen molar-refractivity contribution in [3.05, 3.63) is 56.8 Å². The van der Waals surface area contributed by atoms with Crippen molar-refractivity contribution in [1.82, 2.24) is 9.80 Å². The van der Waals surface area contributed by atoms with Crippen LogP contribution < -0.4 is 0 Å². The molecule has 0 bridgehead atoms. The first-order valence-corrected chi connectivity index (χ1v) is 12.8. The van der Waals surface area contributed by atoms with Crippen LogP contribution in [0.25, 0.3) is 0 Å². The van der Waals surface area contributed by atoms with Gasteiger partial charge in [-0.3, -0.25) is 4.79 Å². The van der Waals surface area contributed by atoms with E-state index in [1.165, 1.54) is 23.3 Å². The lowest BCUT2D eigenvalue weighted by Gasteiger charge is -2.39. The normalized spacial score (nSPS) is 18.9. The van der Waals surface area contributed by atoms with E-state index in [1.54, 1.807) is 20.8 Å². The zero-order valence-electron chi connectivity index (χ0n) is 21.7. The van der Waals surface area contributed by atoms with E-state index in [2.05, 4.69) is 0 Å². The number of benzene rings is 1. The molecule has 1 aromatic heterocycles. The Hall–Kier alpha value is -2.76. The molecule has 1 saturated heterocycles. The number of likely N-dealkylation sites (tertiary alicyclic amines) is 1. The lowest BCUT2D eigenvalue weighted by Crippen LogP contribution is -2.48. The van der Waals surface area contributed by atoms with Crippen LogP contribution in [0.4, 0.5) is 31.1 Å². The third-order valence-corrected chi connectivity index (χ3v) is 7.41. The Morgan fingerprint density at radius 3 is 2.11 bits per heavy atom. The van der Waals surface area contributed by atoms with Gasteiger partial charge >= 0.3 is 18.4 Å². The Morgan fingerprint density at radius 2 is 1.63 bits per heavy atom. The van der Waals surface area contributed by atoms with Crippen LogP contribution in [-0.4, -0.2) is 47.5 Å². The number of thiophene rings is 1. The van der Waals surface area contributed by atoms with Crippen molar-refractivity contribution in [2.24, 2.45) is 5.92 Å². The summed E-state index contributed by atoms with van der Waals surface area (Å²) >= 11 is 1.43. The molecule has 1 aromatic carbocycles. The lowest BCUT2D eigenvalue weighted by molar-refractivity contribution is -0.143. The molecule has 38 heavy (non-hydrogen) atoms. The Labute approximate surface area is 221 Å². The molecule has 2 heterocycles. The van der Waals surface area contributed by atoms with Gasteiger partial charge in [0.1, 0.15) is 5.60 Å². The molecule has 0 spiro atoms. The molecule has 1 aliphatic heterocycles. The van der Waals surface area contributed by atoms with Gasteiger partial charge in [0, 0.05) is 43.4 Å². The molecule has 0 aliphatic carbocycles. The molecule has 2 amide bonds. The zero-order chi connectivity index (χ0) is 28.6. The van der Waals surface area contributed by atoms with Crippen LogP contribution in [-0.2, 0) is 28.4 Å². The molecular weight excluding hydrogens is 534 g/mol. The number of amides is 2. The summed E-state index contributed by atoms with van der Waals surface area (Å²) in [4.78, 5) is 29.8. The van der Waals surface area contributed by atoms with Crippen LogP contribution in [0.1, 0.15) is 60.2 Å². The SMILES string of the molecule is Cc1ccsc1[C@H]1CN(C(=O)OC(C)(C)C)CC[C@@H]1C(=O)N(C)Cc1cc(C(F)(F)F)cc(C(F)(F)F)c1. The molecule has 0 saturated carbocycles. The van der Waals surface area contributed by atoms with Crippen molar-refractivity contribution in [3.8, 4) is 0 Å². The molecule has 3 rings (SSSR count). The van der Waals surface area contributed by atoms with Gasteiger partial charge in [0.05, 0.1) is 11.1 Å². The highest BCUT2D eigenvalue weighted by atomic mass is 32.1. The number of piperidine rings is 1. The summed E-state index contributed by atoms with van der Waals surface area (Å²) in [6.45, 7) is 7.10. The highest BCUT2D eigenvalue weighted by Gasteiger charge is 2.41. The van der Waals surface area contributed by atoms with Gasteiger partial charge in [-0.1, -0.05) is 0 Å². The predicted octanol–water partition coefficient (Wildman–Crippen LogP) is 7.09. The zero-order valence-corrected chi connectivity index (χ0v) is 22.5. The molecule has 1 aliphatic rings. The van der Waals surface area contributed by atoms with Gasteiger partial charge in [-0.25, -0.2) is 4.79 Å². The van der Waals surface area contributed by atoms with E-state index >= 15 is 0 Å². The summed E-state index contributed by atoms with van der Waals surface area (Å²) in [5.41, 5.74) is -2.92. The fourth-order valence-corrected chi connectivity index (χ4v) is 5.60. The molecule has 5 nitrogen and oxygen atoms in total. The van der Waals surface area contributed by atoms with Crippen molar-refractivity contribution in [3.63, 3.8) is 0 Å². The van der Waals surface area contributed by atoms with Crippen LogP contribution >= 0.6 is 11.3 Å². The standard InChI is InChI=1S/C26H30F6N2O3S/c1-15-7-9-38-21(15)20-14-34(23(36)37-24(2,3)4)8-6-19(20)22(35)33(5)13-16-10-17(25(27,28)29)12-18(11-16)26(30,31)32/h7,9-12,19-20H,6,8,13-14H2,1-5H3/t19-,20-/m0/s1. The molecular formula is C26H30F6N2O3S. The van der Waals surface area contributed by atoms with E-state index in [0.29, 0.717) is 12.1 Å². The minimum atomic E-state index is -4.98. The maximum atomic E-state index is 13.5. The maximum absolute atomic E-state index is 13.5. The second-order valence-electron chi connectivity index (χ2n) is 10.5. The second-order valence-corrected chi connectivity index (χ2v) is 11.5. The number of rotatable bonds is 4. The Kier molecular flexibility index (Phi) is 8.45. The van der Waals surface area contributed by atoms with E-state index < -0.39 is 59.5 Å². The molecule has 12 heteroatoms. The monoisotopic (exact) mass is 564 g/mol. The summed E-state index contributed by atoms with van der Waals surface area (Å²) in [5, 5.41) is 1.86. The van der Waals surface area contributed by atoms with Crippen molar-refractivity contribution < 1.29 is 40.7 Å². The fraction of sp³-hybridized carbons (Fsp3) is 0.538. The third-order valence-electron chi connectivity index (χ3n) is 6.26. The van der Waals surface area contributed by atoms with E-state index in [4.69, 9.17) is 4.74 Å². The number of alkyl halides is 6. The number of hydrogen-bond acceptors (Lipinski definition) is 4. The first kappa shape index (κ1) is 29.8. The van der Waals surface area contributed by atoms with Gasteiger partial charge in [0.15, 0.2) is 0 Å². The molecule has 210 valence electrons. The first-order valence-electron chi connectivity index (χ1n) is 11.9. The first-order chi connectivity index (χ1) is 17.4.